The largest absolute Gasteiger partial charge is 0.304 e. The minimum atomic E-state index is 0.838. The minimum absolute atomic E-state index is 0.838. The molecule has 2 aromatic rings. The first-order valence-corrected chi connectivity index (χ1v) is 3.55. The summed E-state index contributed by atoms with van der Waals surface area (Å²) < 4.78 is 1.90. The SMILES string of the molecule is C=C=Nc1cccn2cncc12. The molecule has 0 aromatic carbocycles. The molecule has 12 heavy (non-hydrogen) atoms. The number of hydrogen-bond acceptors (Lipinski definition) is 2. The van der Waals surface area contributed by atoms with Crippen LogP contribution in [-0.4, -0.2) is 15.3 Å². The van der Waals surface area contributed by atoms with Gasteiger partial charge in [-0.15, -0.1) is 0 Å². The van der Waals surface area contributed by atoms with Gasteiger partial charge in [0.05, 0.1) is 23.7 Å². The predicted octanol–water partition coefficient (Wildman–Crippen LogP) is 1.82. The van der Waals surface area contributed by atoms with Crippen LogP contribution in [0.5, 0.6) is 0 Å². The summed E-state index contributed by atoms with van der Waals surface area (Å²) in [4.78, 5) is 7.98. The van der Waals surface area contributed by atoms with Gasteiger partial charge in [0, 0.05) is 6.20 Å². The van der Waals surface area contributed by atoms with Crippen molar-refractivity contribution in [3.8, 4) is 0 Å². The summed E-state index contributed by atoms with van der Waals surface area (Å²) in [7, 11) is 0. The first-order chi connectivity index (χ1) is 5.92. The van der Waals surface area contributed by atoms with E-state index in [-0.39, 0.29) is 0 Å². The summed E-state index contributed by atoms with van der Waals surface area (Å²) in [6, 6.07) is 3.81. The molecule has 2 rings (SSSR count). The summed E-state index contributed by atoms with van der Waals surface area (Å²) >= 11 is 0. The average molecular weight is 157 g/mol. The van der Waals surface area contributed by atoms with Crippen molar-refractivity contribution < 1.29 is 0 Å². The van der Waals surface area contributed by atoms with Gasteiger partial charge in [-0.3, -0.25) is 0 Å². The van der Waals surface area contributed by atoms with E-state index in [1.54, 1.807) is 12.5 Å². The number of fused-ring (bicyclic) bond motifs is 1. The fraction of sp³-hybridized carbons (Fsp3) is 0. The van der Waals surface area contributed by atoms with Crippen LogP contribution in [0, 0.1) is 0 Å². The zero-order valence-electron chi connectivity index (χ0n) is 6.44. The van der Waals surface area contributed by atoms with Crippen LogP contribution >= 0.6 is 0 Å². The molecule has 0 aliphatic carbocycles. The highest BCUT2D eigenvalue weighted by Crippen LogP contribution is 2.17. The molecule has 0 aliphatic heterocycles. The van der Waals surface area contributed by atoms with E-state index < -0.39 is 0 Å². The van der Waals surface area contributed by atoms with Crippen LogP contribution in [0.1, 0.15) is 0 Å². The van der Waals surface area contributed by atoms with Gasteiger partial charge in [-0.1, -0.05) is 0 Å². The Hall–Kier alpha value is -1.86. The zero-order chi connectivity index (χ0) is 8.39. The van der Waals surface area contributed by atoms with E-state index in [2.05, 4.69) is 22.4 Å². The van der Waals surface area contributed by atoms with E-state index in [4.69, 9.17) is 0 Å². The van der Waals surface area contributed by atoms with Crippen molar-refractivity contribution in [2.24, 2.45) is 4.99 Å². The van der Waals surface area contributed by atoms with Gasteiger partial charge in [-0.2, -0.15) is 0 Å². The maximum absolute atomic E-state index is 4.00. The summed E-state index contributed by atoms with van der Waals surface area (Å²) in [5.74, 6) is 2.50. The molecule has 58 valence electrons. The second-order valence-corrected chi connectivity index (χ2v) is 2.35. The van der Waals surface area contributed by atoms with Crippen LogP contribution in [0.2, 0.25) is 0 Å². The van der Waals surface area contributed by atoms with Crippen molar-refractivity contribution in [2.45, 2.75) is 0 Å². The molecule has 2 aromatic heterocycles. The van der Waals surface area contributed by atoms with E-state index in [0.29, 0.717) is 0 Å². The third kappa shape index (κ3) is 0.929. The lowest BCUT2D eigenvalue weighted by atomic mass is 10.3. The van der Waals surface area contributed by atoms with Gasteiger partial charge in [0.15, 0.2) is 0 Å². The number of aliphatic imine (C=N–C) groups is 1. The molecule has 0 amide bonds. The number of nitrogens with zero attached hydrogens (tertiary/aromatic N) is 3. The van der Waals surface area contributed by atoms with Gasteiger partial charge in [-0.05, 0) is 24.6 Å². The van der Waals surface area contributed by atoms with Crippen molar-refractivity contribution in [1.29, 1.82) is 0 Å². The van der Waals surface area contributed by atoms with Crippen LogP contribution in [0.25, 0.3) is 5.52 Å². The molecular formula is C9H7N3. The van der Waals surface area contributed by atoms with Gasteiger partial charge < -0.3 is 4.40 Å². The van der Waals surface area contributed by atoms with Crippen molar-refractivity contribution >= 4 is 17.1 Å². The summed E-state index contributed by atoms with van der Waals surface area (Å²) in [6.45, 7) is 3.43. The molecule has 0 bridgehead atoms. The smallest absolute Gasteiger partial charge is 0.0992 e. The first-order valence-electron chi connectivity index (χ1n) is 3.55. The second-order valence-electron chi connectivity index (χ2n) is 2.35. The average Bonchev–Trinajstić information content (AvgIpc) is 2.53. The van der Waals surface area contributed by atoms with E-state index >= 15 is 0 Å². The maximum atomic E-state index is 4.00. The fourth-order valence-corrected chi connectivity index (χ4v) is 1.11. The van der Waals surface area contributed by atoms with Crippen LogP contribution in [0.3, 0.4) is 0 Å². The summed E-state index contributed by atoms with van der Waals surface area (Å²) in [6.07, 6.45) is 5.41. The molecule has 0 radical (unpaired) electrons. The molecule has 0 spiro atoms. The number of hydrogen-bond donors (Lipinski definition) is 0. The van der Waals surface area contributed by atoms with Gasteiger partial charge in [0.2, 0.25) is 0 Å². The lowest BCUT2D eigenvalue weighted by molar-refractivity contribution is 1.15. The standard InChI is InChI=1S/C9H7N3/c1-2-11-8-4-3-5-12-7-10-6-9(8)12/h3-7H,1H2. The Labute approximate surface area is 69.7 Å². The summed E-state index contributed by atoms with van der Waals surface area (Å²) in [5, 5.41) is 0. The maximum Gasteiger partial charge on any atom is 0.0992 e. The van der Waals surface area contributed by atoms with Crippen LogP contribution in [0.4, 0.5) is 5.69 Å². The predicted molar refractivity (Wildman–Crippen MR) is 47.9 cm³/mol. The van der Waals surface area contributed by atoms with Gasteiger partial charge in [-0.25, -0.2) is 9.98 Å². The molecule has 3 nitrogen and oxygen atoms in total. The third-order valence-electron chi connectivity index (χ3n) is 1.63. The minimum Gasteiger partial charge on any atom is -0.304 e. The van der Waals surface area contributed by atoms with E-state index in [1.165, 1.54) is 0 Å². The molecule has 0 atom stereocenters. The Morgan fingerprint density at radius 3 is 3.33 bits per heavy atom. The second kappa shape index (κ2) is 2.64. The Morgan fingerprint density at radius 1 is 1.58 bits per heavy atom. The molecule has 2 heterocycles. The topological polar surface area (TPSA) is 29.7 Å². The van der Waals surface area contributed by atoms with Gasteiger partial charge in [0.25, 0.3) is 0 Å². The zero-order valence-corrected chi connectivity index (χ0v) is 6.44. The highest BCUT2D eigenvalue weighted by molar-refractivity contribution is 5.71. The molecule has 3 heteroatoms. The fourth-order valence-electron chi connectivity index (χ4n) is 1.11. The number of aromatic nitrogens is 2. The molecule has 0 saturated heterocycles. The highest BCUT2D eigenvalue weighted by Gasteiger charge is 1.96. The highest BCUT2D eigenvalue weighted by atomic mass is 15.0. The Bertz CT molecular complexity index is 449. The van der Waals surface area contributed by atoms with Crippen LogP contribution in [-0.2, 0) is 0 Å². The lowest BCUT2D eigenvalue weighted by Gasteiger charge is -1.94. The molecule has 0 aliphatic rings. The van der Waals surface area contributed by atoms with Crippen molar-refractivity contribution in [3.63, 3.8) is 0 Å². The molecular weight excluding hydrogens is 150 g/mol. The molecule has 0 unspecified atom stereocenters. The normalized spacial score (nSPS) is 9.67. The number of rotatable bonds is 1. The first kappa shape index (κ1) is 6.83. The van der Waals surface area contributed by atoms with Crippen molar-refractivity contribution in [3.05, 3.63) is 37.4 Å². The van der Waals surface area contributed by atoms with Crippen molar-refractivity contribution in [1.82, 2.24) is 9.38 Å². The van der Waals surface area contributed by atoms with E-state index in [0.717, 1.165) is 11.2 Å². The Balaban J connectivity index is 2.81. The number of imidazole rings is 1. The van der Waals surface area contributed by atoms with Crippen LogP contribution < -0.4 is 0 Å². The Morgan fingerprint density at radius 2 is 2.50 bits per heavy atom. The monoisotopic (exact) mass is 157 g/mol. The Kier molecular flexibility index (Phi) is 1.50. The number of pyridine rings is 1. The van der Waals surface area contributed by atoms with Gasteiger partial charge >= 0.3 is 0 Å². The van der Waals surface area contributed by atoms with E-state index in [9.17, 15) is 0 Å². The van der Waals surface area contributed by atoms with E-state index in [1.807, 2.05) is 22.7 Å². The van der Waals surface area contributed by atoms with Crippen molar-refractivity contribution in [2.75, 3.05) is 0 Å². The quantitative estimate of drug-likeness (QED) is 0.580. The molecule has 0 saturated carbocycles. The molecule has 0 fully saturated rings. The lowest BCUT2D eigenvalue weighted by Crippen LogP contribution is -1.78. The molecule has 0 N–H and O–H groups in total. The van der Waals surface area contributed by atoms with Gasteiger partial charge in [0.1, 0.15) is 0 Å². The summed E-state index contributed by atoms with van der Waals surface area (Å²) in [5.41, 5.74) is 1.80. The van der Waals surface area contributed by atoms with Crippen LogP contribution in [0.15, 0.2) is 42.4 Å². The third-order valence-corrected chi connectivity index (χ3v) is 1.63.